The van der Waals surface area contributed by atoms with Gasteiger partial charge in [0.25, 0.3) is 0 Å². The quantitative estimate of drug-likeness (QED) is 0.439. The zero-order chi connectivity index (χ0) is 11.9. The third-order valence-electron chi connectivity index (χ3n) is 1.39. The summed E-state index contributed by atoms with van der Waals surface area (Å²) in [4.78, 5) is 1.99. The molecule has 0 fully saturated rings. The van der Waals surface area contributed by atoms with Gasteiger partial charge < -0.3 is 9.42 Å². The number of hydrogen-bond acceptors (Lipinski definition) is 4. The maximum Gasteiger partial charge on any atom is 0.233 e. The summed E-state index contributed by atoms with van der Waals surface area (Å²) in [6.07, 6.45) is 0. The van der Waals surface area contributed by atoms with E-state index in [1.165, 1.54) is 0 Å². The molecular formula is C8H19N2OPS3. The largest absolute Gasteiger partial charge is 0.357 e. The van der Waals surface area contributed by atoms with Crippen LogP contribution < -0.4 is 0 Å². The number of nitrogens with zero attached hydrogens (tertiary/aromatic N) is 2. The van der Waals surface area contributed by atoms with Crippen molar-refractivity contribution in [2.75, 3.05) is 32.7 Å². The second-order valence-corrected chi connectivity index (χ2v) is 10.8. The van der Waals surface area contributed by atoms with Gasteiger partial charge in [-0.05, 0) is 23.3 Å². The fourth-order valence-corrected chi connectivity index (χ4v) is 6.01. The Morgan fingerprint density at radius 1 is 1.40 bits per heavy atom. The molecule has 0 bridgehead atoms. The second-order valence-electron chi connectivity index (χ2n) is 2.78. The van der Waals surface area contributed by atoms with E-state index >= 15 is 0 Å². The summed E-state index contributed by atoms with van der Waals surface area (Å²) in [5.74, 6) is 1.93. The van der Waals surface area contributed by atoms with E-state index in [1.54, 1.807) is 30.3 Å². The average Bonchev–Trinajstić information content (AvgIpc) is 2.17. The van der Waals surface area contributed by atoms with Crippen molar-refractivity contribution in [3.63, 3.8) is 0 Å². The average molecular weight is 286 g/mol. The summed E-state index contributed by atoms with van der Waals surface area (Å²) in [5.41, 5.74) is -2.06. The third-order valence-corrected chi connectivity index (χ3v) is 8.09. The normalized spacial score (nSPS) is 16.2. The Hall–Kier alpha value is 0.780. The molecule has 3 nitrogen and oxygen atoms in total. The summed E-state index contributed by atoms with van der Waals surface area (Å²) in [6.45, 7) is 4.18. The molecule has 0 saturated carbocycles. The maximum absolute atomic E-state index is 5.44. The molecule has 0 aliphatic rings. The van der Waals surface area contributed by atoms with Crippen LogP contribution in [0.15, 0.2) is 4.76 Å². The Bertz CT molecular complexity index is 258. The molecule has 0 heterocycles. The predicted octanol–water partition coefficient (Wildman–Crippen LogP) is 3.28. The van der Waals surface area contributed by atoms with E-state index in [1.807, 2.05) is 19.0 Å². The topological polar surface area (TPSA) is 24.8 Å². The fourth-order valence-electron chi connectivity index (χ4n) is 0.767. The van der Waals surface area contributed by atoms with Crippen LogP contribution in [0.25, 0.3) is 0 Å². The van der Waals surface area contributed by atoms with Crippen molar-refractivity contribution in [1.29, 1.82) is 0 Å². The van der Waals surface area contributed by atoms with E-state index in [2.05, 4.69) is 18.6 Å². The Kier molecular flexibility index (Phi) is 8.37. The summed E-state index contributed by atoms with van der Waals surface area (Å²) in [5, 5.41) is 0.962. The van der Waals surface area contributed by atoms with Gasteiger partial charge in [-0.25, -0.2) is 0 Å². The van der Waals surface area contributed by atoms with Crippen LogP contribution in [0.5, 0.6) is 0 Å². The molecule has 0 radical (unpaired) electrons. The number of rotatable bonds is 5. The van der Waals surface area contributed by atoms with Crippen LogP contribution >= 0.6 is 28.8 Å². The molecule has 0 aromatic rings. The summed E-state index contributed by atoms with van der Waals surface area (Å²) >= 11 is 8.76. The van der Waals surface area contributed by atoms with E-state index in [-0.39, 0.29) is 0 Å². The van der Waals surface area contributed by atoms with Crippen molar-refractivity contribution in [1.82, 2.24) is 4.90 Å². The first-order valence-corrected chi connectivity index (χ1v) is 9.94. The Labute approximate surface area is 106 Å². The Balaban J connectivity index is 4.82. The Morgan fingerprint density at radius 2 is 2.00 bits per heavy atom. The van der Waals surface area contributed by atoms with Crippen LogP contribution in [-0.4, -0.2) is 42.8 Å². The molecular weight excluding hydrogens is 267 g/mol. The minimum absolute atomic E-state index is 0.937. The van der Waals surface area contributed by atoms with E-state index in [9.17, 15) is 0 Å². The van der Waals surface area contributed by atoms with Crippen LogP contribution in [-0.2, 0) is 16.3 Å². The lowest BCUT2D eigenvalue weighted by Crippen LogP contribution is -2.18. The minimum Gasteiger partial charge on any atom is -0.357 e. The minimum atomic E-state index is -2.06. The highest BCUT2D eigenvalue weighted by Crippen LogP contribution is 2.61. The number of thioether (sulfide) groups is 1. The third kappa shape index (κ3) is 6.17. The molecule has 1 unspecified atom stereocenters. The van der Waals surface area contributed by atoms with Crippen molar-refractivity contribution < 1.29 is 4.52 Å². The van der Waals surface area contributed by atoms with Crippen molar-refractivity contribution in [3.05, 3.63) is 0 Å². The summed E-state index contributed by atoms with van der Waals surface area (Å²) < 4.78 is 9.94. The van der Waals surface area contributed by atoms with Gasteiger partial charge in [-0.3, -0.25) is 0 Å². The van der Waals surface area contributed by atoms with Gasteiger partial charge in [0.1, 0.15) is 0 Å². The van der Waals surface area contributed by atoms with Gasteiger partial charge in [-0.15, -0.1) is 0 Å². The number of hydrogen-bond donors (Lipinski definition) is 0. The first-order valence-electron chi connectivity index (χ1n) is 4.69. The molecule has 0 N–H and O–H groups in total. The highest BCUT2D eigenvalue weighted by atomic mass is 32.9. The fraction of sp³-hybridized carbons (Fsp3) is 0.875. The predicted molar refractivity (Wildman–Crippen MR) is 78.7 cm³/mol. The SMILES string of the molecule is CCS/C(=N\P(=S)(OC)SCC)N(C)C. The molecule has 0 aromatic heterocycles. The molecule has 15 heavy (non-hydrogen) atoms. The van der Waals surface area contributed by atoms with Crippen LogP contribution in [0.4, 0.5) is 0 Å². The van der Waals surface area contributed by atoms with Crippen LogP contribution in [0.3, 0.4) is 0 Å². The summed E-state index contributed by atoms with van der Waals surface area (Å²) in [6, 6.07) is 0. The highest BCUT2D eigenvalue weighted by molar-refractivity contribution is 8.69. The van der Waals surface area contributed by atoms with Gasteiger partial charge in [0.15, 0.2) is 5.17 Å². The molecule has 1 atom stereocenters. The molecule has 0 spiro atoms. The van der Waals surface area contributed by atoms with E-state index < -0.39 is 5.62 Å². The highest BCUT2D eigenvalue weighted by Gasteiger charge is 2.16. The molecule has 0 rings (SSSR count). The first kappa shape index (κ1) is 15.8. The van der Waals surface area contributed by atoms with E-state index in [0.29, 0.717) is 0 Å². The van der Waals surface area contributed by atoms with Crippen molar-refractivity contribution in [3.8, 4) is 0 Å². The lowest BCUT2D eigenvalue weighted by atomic mass is 10.9. The van der Waals surface area contributed by atoms with E-state index in [0.717, 1.165) is 16.7 Å². The lowest BCUT2D eigenvalue weighted by molar-refractivity contribution is 0.470. The standard InChI is InChI=1S/C8H19N2OPS3/c1-6-14-8(10(3)4)9-12(13,11-5)15-7-2/h6-7H2,1-5H3/b9-8-. The van der Waals surface area contributed by atoms with Crippen molar-refractivity contribution in [2.45, 2.75) is 13.8 Å². The molecule has 0 aliphatic heterocycles. The zero-order valence-electron chi connectivity index (χ0n) is 9.89. The molecule has 7 heteroatoms. The maximum atomic E-state index is 5.44. The molecule has 0 amide bonds. The van der Waals surface area contributed by atoms with Crippen molar-refractivity contribution in [2.24, 2.45) is 4.76 Å². The molecule has 0 aliphatic carbocycles. The molecule has 90 valence electrons. The van der Waals surface area contributed by atoms with E-state index in [4.69, 9.17) is 16.3 Å². The van der Waals surface area contributed by atoms with Crippen LogP contribution in [0, 0.1) is 0 Å². The smallest absolute Gasteiger partial charge is 0.233 e. The van der Waals surface area contributed by atoms with Crippen LogP contribution in [0.1, 0.15) is 13.8 Å². The van der Waals surface area contributed by atoms with Crippen molar-refractivity contribution >= 4 is 45.7 Å². The van der Waals surface area contributed by atoms with Gasteiger partial charge in [-0.1, -0.05) is 37.0 Å². The summed E-state index contributed by atoms with van der Waals surface area (Å²) in [7, 11) is 5.61. The Morgan fingerprint density at radius 3 is 2.33 bits per heavy atom. The van der Waals surface area contributed by atoms with Gasteiger partial charge in [0, 0.05) is 21.2 Å². The second kappa shape index (κ2) is 7.96. The van der Waals surface area contributed by atoms with Crippen LogP contribution in [0.2, 0.25) is 0 Å². The number of amidine groups is 1. The van der Waals surface area contributed by atoms with Gasteiger partial charge >= 0.3 is 0 Å². The van der Waals surface area contributed by atoms with Gasteiger partial charge in [0.05, 0.1) is 0 Å². The van der Waals surface area contributed by atoms with Gasteiger partial charge in [0.2, 0.25) is 5.62 Å². The molecule has 0 aromatic carbocycles. The lowest BCUT2D eigenvalue weighted by Gasteiger charge is -2.19. The monoisotopic (exact) mass is 286 g/mol. The molecule has 0 saturated heterocycles. The zero-order valence-corrected chi connectivity index (χ0v) is 13.2. The van der Waals surface area contributed by atoms with Gasteiger partial charge in [-0.2, -0.15) is 4.76 Å². The first-order chi connectivity index (χ1) is 6.99.